The van der Waals surface area contributed by atoms with Crippen LogP contribution >= 0.6 is 0 Å². The van der Waals surface area contributed by atoms with Crippen LogP contribution in [0.25, 0.3) is 33.4 Å². The Bertz CT molecular complexity index is 1040. The van der Waals surface area contributed by atoms with Crippen LogP contribution in [0.5, 0.6) is 0 Å². The highest BCUT2D eigenvalue weighted by Crippen LogP contribution is 2.33. The molecule has 3 aromatic carbocycles. The lowest BCUT2D eigenvalue weighted by Gasteiger charge is -2.11. The average Bonchev–Trinajstić information content (AvgIpc) is 2.84. The van der Waals surface area contributed by atoms with Crippen molar-refractivity contribution in [3.63, 3.8) is 0 Å². The van der Waals surface area contributed by atoms with Gasteiger partial charge in [-0.15, -0.1) is 0 Å². The van der Waals surface area contributed by atoms with Crippen molar-refractivity contribution in [3.8, 4) is 33.4 Å². The average molecular weight is 391 g/mol. The fraction of sp³-hybridized carbons (Fsp3) is 0. The van der Waals surface area contributed by atoms with Gasteiger partial charge in [-0.05, 0) is 52.1 Å². The van der Waals surface area contributed by atoms with Gasteiger partial charge in [0.05, 0.1) is 0 Å². The van der Waals surface area contributed by atoms with Crippen molar-refractivity contribution in [1.29, 1.82) is 0 Å². The molecule has 4 heteroatoms. The number of benzene rings is 3. The van der Waals surface area contributed by atoms with Gasteiger partial charge in [0.2, 0.25) is 0 Å². The minimum atomic E-state index is 0.379. The zero-order valence-corrected chi connectivity index (χ0v) is 16.0. The Morgan fingerprint density at radius 2 is 0.900 bits per heavy atom. The van der Waals surface area contributed by atoms with E-state index in [0.717, 1.165) is 52.2 Å². The second kappa shape index (κ2) is 8.45. The van der Waals surface area contributed by atoms with E-state index in [2.05, 4.69) is 23.2 Å². The molecule has 144 valence electrons. The van der Waals surface area contributed by atoms with Crippen LogP contribution < -0.4 is 0 Å². The lowest BCUT2D eigenvalue weighted by molar-refractivity contribution is 0.111. The SMILES string of the molecule is O=Cc1ccc(-c2cc(-c3ccc(C=O)cc3)cc(-c3ccc(C=O)nc3)c2)cc1. The largest absolute Gasteiger partial charge is 0.298 e. The van der Waals surface area contributed by atoms with Crippen molar-refractivity contribution in [2.45, 2.75) is 0 Å². The van der Waals surface area contributed by atoms with Gasteiger partial charge in [0.1, 0.15) is 18.3 Å². The van der Waals surface area contributed by atoms with E-state index >= 15 is 0 Å². The highest BCUT2D eigenvalue weighted by Gasteiger charge is 2.08. The lowest BCUT2D eigenvalue weighted by Crippen LogP contribution is -1.90. The maximum Gasteiger partial charge on any atom is 0.168 e. The summed E-state index contributed by atoms with van der Waals surface area (Å²) in [4.78, 5) is 37.1. The van der Waals surface area contributed by atoms with Crippen LogP contribution in [0.15, 0.2) is 85.1 Å². The molecule has 0 N–H and O–H groups in total. The first kappa shape index (κ1) is 19.2. The predicted octanol–water partition coefficient (Wildman–Crippen LogP) is 5.52. The van der Waals surface area contributed by atoms with Gasteiger partial charge >= 0.3 is 0 Å². The maximum absolute atomic E-state index is 11.0. The molecule has 0 amide bonds. The summed E-state index contributed by atoms with van der Waals surface area (Å²) in [5, 5.41) is 0. The number of carbonyl (C=O) groups is 3. The van der Waals surface area contributed by atoms with Crippen LogP contribution in [-0.2, 0) is 0 Å². The molecule has 4 aromatic rings. The molecular weight excluding hydrogens is 374 g/mol. The number of aldehydes is 3. The van der Waals surface area contributed by atoms with Crippen LogP contribution in [0, 0.1) is 0 Å². The fourth-order valence-corrected chi connectivity index (χ4v) is 3.28. The second-order valence-corrected chi connectivity index (χ2v) is 6.87. The van der Waals surface area contributed by atoms with Crippen molar-refractivity contribution >= 4 is 18.9 Å². The van der Waals surface area contributed by atoms with Gasteiger partial charge in [0, 0.05) is 22.9 Å². The molecule has 0 aliphatic carbocycles. The van der Waals surface area contributed by atoms with Gasteiger partial charge in [-0.1, -0.05) is 54.6 Å². The highest BCUT2D eigenvalue weighted by atomic mass is 16.1. The van der Waals surface area contributed by atoms with Gasteiger partial charge in [0.25, 0.3) is 0 Å². The molecule has 0 unspecified atom stereocenters. The van der Waals surface area contributed by atoms with Crippen LogP contribution in [0.3, 0.4) is 0 Å². The molecule has 0 fully saturated rings. The second-order valence-electron chi connectivity index (χ2n) is 6.87. The molecule has 0 spiro atoms. The van der Waals surface area contributed by atoms with Crippen molar-refractivity contribution < 1.29 is 14.4 Å². The summed E-state index contributed by atoms with van der Waals surface area (Å²) in [5.41, 5.74) is 7.38. The van der Waals surface area contributed by atoms with Crippen molar-refractivity contribution in [2.24, 2.45) is 0 Å². The van der Waals surface area contributed by atoms with E-state index in [-0.39, 0.29) is 0 Å². The molecule has 0 aliphatic rings. The third-order valence-electron chi connectivity index (χ3n) is 4.93. The van der Waals surface area contributed by atoms with Gasteiger partial charge in [0.15, 0.2) is 6.29 Å². The molecule has 0 radical (unpaired) electrons. The van der Waals surface area contributed by atoms with E-state index in [9.17, 15) is 14.4 Å². The topological polar surface area (TPSA) is 64.1 Å². The van der Waals surface area contributed by atoms with E-state index in [4.69, 9.17) is 0 Å². The molecule has 0 aliphatic heterocycles. The monoisotopic (exact) mass is 391 g/mol. The maximum atomic E-state index is 11.0. The van der Waals surface area contributed by atoms with E-state index < -0.39 is 0 Å². The van der Waals surface area contributed by atoms with Crippen molar-refractivity contribution in [1.82, 2.24) is 4.98 Å². The summed E-state index contributed by atoms with van der Waals surface area (Å²) < 4.78 is 0. The molecule has 0 saturated carbocycles. The van der Waals surface area contributed by atoms with Gasteiger partial charge in [-0.25, -0.2) is 0 Å². The minimum absolute atomic E-state index is 0.379. The van der Waals surface area contributed by atoms with Crippen LogP contribution in [0.2, 0.25) is 0 Å². The normalized spacial score (nSPS) is 10.4. The number of aromatic nitrogens is 1. The molecule has 30 heavy (non-hydrogen) atoms. The standard InChI is InChI=1S/C26H17NO3/c28-15-18-1-5-20(6-2-18)23-11-24(21-7-3-19(16-29)4-8-21)13-25(12-23)22-9-10-26(17-30)27-14-22/h1-17H. The number of hydrogen-bond donors (Lipinski definition) is 0. The molecule has 0 saturated heterocycles. The summed E-state index contributed by atoms with van der Waals surface area (Å²) >= 11 is 0. The Kier molecular flexibility index (Phi) is 5.39. The van der Waals surface area contributed by atoms with E-state index in [1.165, 1.54) is 0 Å². The molecule has 4 nitrogen and oxygen atoms in total. The van der Waals surface area contributed by atoms with Gasteiger partial charge in [-0.3, -0.25) is 19.4 Å². The quantitative estimate of drug-likeness (QED) is 0.406. The Hall–Kier alpha value is -4.18. The third-order valence-corrected chi connectivity index (χ3v) is 4.93. The zero-order valence-electron chi connectivity index (χ0n) is 16.0. The summed E-state index contributed by atoms with van der Waals surface area (Å²) in [6, 6.07) is 24.5. The molecule has 0 bridgehead atoms. The first-order valence-electron chi connectivity index (χ1n) is 9.38. The fourth-order valence-electron chi connectivity index (χ4n) is 3.28. The molecule has 1 heterocycles. The first-order chi connectivity index (χ1) is 14.7. The smallest absolute Gasteiger partial charge is 0.168 e. The Morgan fingerprint density at radius 3 is 1.27 bits per heavy atom. The number of pyridine rings is 1. The number of hydrogen-bond acceptors (Lipinski definition) is 4. The lowest BCUT2D eigenvalue weighted by atomic mass is 9.93. The van der Waals surface area contributed by atoms with E-state index in [0.29, 0.717) is 16.8 Å². The first-order valence-corrected chi connectivity index (χ1v) is 9.38. The molecular formula is C26H17NO3. The van der Waals surface area contributed by atoms with Gasteiger partial charge in [-0.2, -0.15) is 0 Å². The molecule has 1 aromatic heterocycles. The van der Waals surface area contributed by atoms with Crippen molar-refractivity contribution in [2.75, 3.05) is 0 Å². The van der Waals surface area contributed by atoms with Crippen LogP contribution in [0.1, 0.15) is 31.2 Å². The summed E-state index contributed by atoms with van der Waals surface area (Å²) in [5.74, 6) is 0. The van der Waals surface area contributed by atoms with Gasteiger partial charge < -0.3 is 0 Å². The van der Waals surface area contributed by atoms with Crippen LogP contribution in [0.4, 0.5) is 0 Å². The Balaban J connectivity index is 1.86. The molecule has 0 atom stereocenters. The Labute approximate surface area is 173 Å². The van der Waals surface area contributed by atoms with Crippen molar-refractivity contribution in [3.05, 3.63) is 102 Å². The van der Waals surface area contributed by atoms with Crippen LogP contribution in [-0.4, -0.2) is 23.8 Å². The summed E-state index contributed by atoms with van der Waals surface area (Å²) in [7, 11) is 0. The third kappa shape index (κ3) is 3.98. The summed E-state index contributed by atoms with van der Waals surface area (Å²) in [6.45, 7) is 0. The van der Waals surface area contributed by atoms with E-state index in [1.807, 2.05) is 30.3 Å². The predicted molar refractivity (Wildman–Crippen MR) is 117 cm³/mol. The number of carbonyl (C=O) groups excluding carboxylic acids is 3. The van der Waals surface area contributed by atoms with E-state index in [1.54, 1.807) is 36.5 Å². The molecule has 4 rings (SSSR count). The minimum Gasteiger partial charge on any atom is -0.298 e. The highest BCUT2D eigenvalue weighted by molar-refractivity contribution is 5.84. The summed E-state index contributed by atoms with van der Waals surface area (Å²) in [6.07, 6.45) is 4.04. The number of rotatable bonds is 6. The zero-order chi connectivity index (χ0) is 20.9. The number of nitrogens with zero attached hydrogens (tertiary/aromatic N) is 1. The Morgan fingerprint density at radius 1 is 0.467 bits per heavy atom.